The smallest absolute Gasteiger partial charge is 0.145 e. The van der Waals surface area contributed by atoms with E-state index in [-0.39, 0.29) is 0 Å². The Hall–Kier alpha value is -2.77. The lowest BCUT2D eigenvalue weighted by atomic mass is 10.2. The van der Waals surface area contributed by atoms with Gasteiger partial charge in [-0.1, -0.05) is 0 Å². The van der Waals surface area contributed by atoms with E-state index >= 15 is 0 Å². The maximum Gasteiger partial charge on any atom is 0.145 e. The number of rotatable bonds is 5. The zero-order chi connectivity index (χ0) is 17.8. The van der Waals surface area contributed by atoms with Gasteiger partial charge in [0.15, 0.2) is 0 Å². The van der Waals surface area contributed by atoms with Crippen molar-refractivity contribution in [3.05, 3.63) is 41.5 Å². The molecule has 1 aliphatic rings. The van der Waals surface area contributed by atoms with E-state index in [0.29, 0.717) is 24.6 Å². The van der Waals surface area contributed by atoms with Crippen molar-refractivity contribution in [2.24, 2.45) is 10.1 Å². The Morgan fingerprint density at radius 3 is 2.75 bits per heavy atom. The van der Waals surface area contributed by atoms with E-state index in [2.05, 4.69) is 39.3 Å². The van der Waals surface area contributed by atoms with Gasteiger partial charge in [0.05, 0.1) is 0 Å². The first-order chi connectivity index (χ1) is 11.8. The van der Waals surface area contributed by atoms with E-state index in [1.54, 1.807) is 23.6 Å². The number of aromatic nitrogens is 1. The molecule has 1 aromatic rings. The molecule has 0 unspecified atom stereocenters. The summed E-state index contributed by atoms with van der Waals surface area (Å²) in [6, 6.07) is 6.20. The fourth-order valence-electron chi connectivity index (χ4n) is 2.07. The van der Waals surface area contributed by atoms with Crippen LogP contribution >= 0.6 is 11.8 Å². The molecule has 1 N–H and O–H groups in total. The number of nitrogens with zero attached hydrogens (tertiary/aromatic N) is 5. The zero-order valence-electron chi connectivity index (χ0n) is 13.8. The van der Waals surface area contributed by atoms with Crippen LogP contribution in [-0.4, -0.2) is 40.7 Å². The van der Waals surface area contributed by atoms with Gasteiger partial charge in [-0.15, -0.1) is 24.6 Å². The number of pyridine rings is 1. The number of aliphatic imine (C=N–C) groups is 1. The van der Waals surface area contributed by atoms with Gasteiger partial charge in [0.2, 0.25) is 0 Å². The van der Waals surface area contributed by atoms with Gasteiger partial charge in [-0.25, -0.2) is 5.01 Å². The average Bonchev–Trinajstić information content (AvgIpc) is 2.65. The second kappa shape index (κ2) is 10.9. The van der Waals surface area contributed by atoms with Gasteiger partial charge in [-0.2, -0.15) is 10.4 Å². The van der Waals surface area contributed by atoms with E-state index < -0.39 is 0 Å². The Kier molecular flexibility index (Phi) is 8.73. The summed E-state index contributed by atoms with van der Waals surface area (Å²) in [6.07, 6.45) is 16.0. The Labute approximate surface area is 147 Å². The number of hydrogen-bond acceptors (Lipinski definition) is 7. The molecule has 0 amide bonds. The van der Waals surface area contributed by atoms with Gasteiger partial charge in [-0.3, -0.25) is 9.98 Å². The molecule has 0 spiro atoms. The molecule has 6 nitrogen and oxygen atoms in total. The molecule has 0 radical (unpaired) electrons. The summed E-state index contributed by atoms with van der Waals surface area (Å²) in [5.74, 6) is 0.717. The largest absolute Gasteiger partial charge is 0.369 e. The minimum atomic E-state index is 0.420. The number of terminal acetylenes is 1. The van der Waals surface area contributed by atoms with E-state index in [1.165, 1.54) is 17.3 Å². The van der Waals surface area contributed by atoms with Crippen LogP contribution in [-0.2, 0) is 6.42 Å². The van der Waals surface area contributed by atoms with Crippen LogP contribution in [0.4, 0.5) is 0 Å². The van der Waals surface area contributed by atoms with Gasteiger partial charge in [0.25, 0.3) is 0 Å². The molecule has 0 saturated heterocycles. The highest BCUT2D eigenvalue weighted by Crippen LogP contribution is 2.20. The van der Waals surface area contributed by atoms with E-state index in [0.717, 1.165) is 11.5 Å². The van der Waals surface area contributed by atoms with Crippen molar-refractivity contribution in [3.8, 4) is 18.9 Å². The lowest BCUT2D eigenvalue weighted by Crippen LogP contribution is -2.35. The Morgan fingerprint density at radius 1 is 1.46 bits per heavy atom. The third-order valence-corrected chi connectivity index (χ3v) is 3.79. The van der Waals surface area contributed by atoms with Crippen molar-refractivity contribution in [2.45, 2.75) is 13.3 Å². The second-order valence-corrected chi connectivity index (χ2v) is 5.24. The lowest BCUT2D eigenvalue weighted by molar-refractivity contribution is 0.343. The number of thioether (sulfide) groups is 1. The summed E-state index contributed by atoms with van der Waals surface area (Å²) in [5.41, 5.74) is 1.74. The van der Waals surface area contributed by atoms with Gasteiger partial charge in [-0.05, 0) is 37.3 Å². The summed E-state index contributed by atoms with van der Waals surface area (Å²) in [7, 11) is 0. The van der Waals surface area contributed by atoms with Crippen molar-refractivity contribution in [2.75, 3.05) is 19.5 Å². The molecule has 24 heavy (non-hydrogen) atoms. The van der Waals surface area contributed by atoms with Gasteiger partial charge < -0.3 is 5.32 Å². The molecule has 0 bridgehead atoms. The van der Waals surface area contributed by atoms with Crippen LogP contribution in [0.2, 0.25) is 0 Å². The average molecular weight is 340 g/mol. The van der Waals surface area contributed by atoms with Gasteiger partial charge in [0, 0.05) is 25.2 Å². The molecule has 2 heterocycles. The predicted molar refractivity (Wildman–Crippen MR) is 100 cm³/mol. The van der Waals surface area contributed by atoms with Crippen molar-refractivity contribution < 1.29 is 0 Å². The Bertz CT molecular complexity index is 669. The van der Waals surface area contributed by atoms with Gasteiger partial charge >= 0.3 is 0 Å². The van der Waals surface area contributed by atoms with Crippen LogP contribution < -0.4 is 5.32 Å². The van der Waals surface area contributed by atoms with Crippen LogP contribution in [0.15, 0.2) is 46.0 Å². The predicted octanol–water partition coefficient (Wildman–Crippen LogP) is 2.24. The van der Waals surface area contributed by atoms with Crippen molar-refractivity contribution >= 4 is 23.0 Å². The standard InChI is InChI=1S/C15H18N6S.C2H2/c1-3-20-21-11-19-15(22-2)13(10-16)14(21)18-9-6-12-4-7-17-8-5-12;1-2/h3-5,7-8,18H,6,9,11H2,1-2H3;1-2H/b20-3-;. The first kappa shape index (κ1) is 19.3. The lowest BCUT2D eigenvalue weighted by Gasteiger charge is -2.26. The summed E-state index contributed by atoms with van der Waals surface area (Å²) in [4.78, 5) is 8.39. The zero-order valence-corrected chi connectivity index (χ0v) is 14.6. The molecular weight excluding hydrogens is 320 g/mol. The van der Waals surface area contributed by atoms with Crippen molar-refractivity contribution in [1.82, 2.24) is 15.3 Å². The maximum absolute atomic E-state index is 9.44. The highest BCUT2D eigenvalue weighted by Gasteiger charge is 2.22. The minimum Gasteiger partial charge on any atom is -0.369 e. The number of hydrazone groups is 1. The maximum atomic E-state index is 9.44. The first-order valence-corrected chi connectivity index (χ1v) is 8.48. The molecule has 2 rings (SSSR count). The number of hydrogen-bond donors (Lipinski definition) is 1. The molecule has 1 aliphatic heterocycles. The fourth-order valence-corrected chi connectivity index (χ4v) is 2.60. The third kappa shape index (κ3) is 5.15. The van der Waals surface area contributed by atoms with E-state index in [9.17, 15) is 5.26 Å². The Balaban J connectivity index is 0.00000139. The van der Waals surface area contributed by atoms with Crippen LogP contribution in [0.25, 0.3) is 0 Å². The second-order valence-electron chi connectivity index (χ2n) is 4.45. The summed E-state index contributed by atoms with van der Waals surface area (Å²) >= 11 is 1.47. The van der Waals surface area contributed by atoms with Crippen molar-refractivity contribution in [3.63, 3.8) is 0 Å². The van der Waals surface area contributed by atoms with Crippen LogP contribution in [0, 0.1) is 24.2 Å². The molecule has 0 saturated carbocycles. The van der Waals surface area contributed by atoms with Crippen LogP contribution in [0.3, 0.4) is 0 Å². The third-order valence-electron chi connectivity index (χ3n) is 3.07. The molecule has 0 atom stereocenters. The fraction of sp³-hybridized carbons (Fsp3) is 0.294. The molecule has 0 fully saturated rings. The van der Waals surface area contributed by atoms with Crippen LogP contribution in [0.5, 0.6) is 0 Å². The summed E-state index contributed by atoms with van der Waals surface area (Å²) in [6.45, 7) is 2.97. The number of nitrogens with one attached hydrogen (secondary N) is 1. The summed E-state index contributed by atoms with van der Waals surface area (Å²) in [5, 5.41) is 19.5. The van der Waals surface area contributed by atoms with Crippen molar-refractivity contribution in [1.29, 1.82) is 5.26 Å². The SMILES string of the molecule is C#C.C/C=N\N1CN=C(SC)C(C#N)=C1NCCc1ccncc1. The van der Waals surface area contributed by atoms with E-state index in [1.807, 2.05) is 25.3 Å². The Morgan fingerprint density at radius 2 is 2.17 bits per heavy atom. The molecular formula is C17H20N6S. The normalized spacial score (nSPS) is 13.8. The molecule has 0 aliphatic carbocycles. The monoisotopic (exact) mass is 340 g/mol. The molecule has 124 valence electrons. The summed E-state index contributed by atoms with van der Waals surface area (Å²) < 4.78 is 0. The topological polar surface area (TPSA) is 76.7 Å². The minimum absolute atomic E-state index is 0.420. The quantitative estimate of drug-likeness (QED) is 0.657. The van der Waals surface area contributed by atoms with E-state index in [4.69, 9.17) is 0 Å². The first-order valence-electron chi connectivity index (χ1n) is 7.25. The molecule has 0 aromatic carbocycles. The number of nitriles is 1. The highest BCUT2D eigenvalue weighted by molar-refractivity contribution is 8.13. The highest BCUT2D eigenvalue weighted by atomic mass is 32.2. The van der Waals surface area contributed by atoms with Crippen LogP contribution in [0.1, 0.15) is 12.5 Å². The molecule has 1 aromatic heterocycles. The van der Waals surface area contributed by atoms with Gasteiger partial charge in [0.1, 0.15) is 29.2 Å². The molecule has 7 heteroatoms.